The van der Waals surface area contributed by atoms with E-state index in [-0.39, 0.29) is 72.4 Å². The number of fused-ring (bicyclic) bond motifs is 2. The molecule has 1 aromatic rings. The summed E-state index contributed by atoms with van der Waals surface area (Å²) in [5.41, 5.74) is -0.0925. The molecule has 2 heterocycles. The van der Waals surface area contributed by atoms with E-state index in [9.17, 15) is 24.9 Å². The Hall–Kier alpha value is -1.00. The Labute approximate surface area is 248 Å². The molecule has 2 bridgehead atoms. The molecule has 0 radical (unpaired) electrons. The summed E-state index contributed by atoms with van der Waals surface area (Å²) >= 11 is 0. The standard InChI is InChI=1S/C29H44O8.Na/c1-5-28(3,4)27(34)36-18-24-23(17-35-16-20-9-7-6-8-10-20)25-13-19(2)29(24,37-25)12-11-21(30)14-22(31)15-26(32)33;/h6-10,19,21-25,30-31H,5,11-18H2,1-4H3,(H,32,33);/q;+1/p-1/t19-,21+,22-,23?,24?,25-,29+;/m0./s1. The Bertz CT molecular complexity index is 894. The minimum absolute atomic E-state index is 0. The molecule has 0 aliphatic carbocycles. The number of hydrogen-bond donors (Lipinski definition) is 2. The quantitative estimate of drug-likeness (QED) is 0.227. The van der Waals surface area contributed by atoms with Gasteiger partial charge in [0.15, 0.2) is 0 Å². The Balaban J connectivity index is 0.00000507. The summed E-state index contributed by atoms with van der Waals surface area (Å²) in [4.78, 5) is 23.6. The monoisotopic (exact) mass is 542 g/mol. The van der Waals surface area contributed by atoms with Gasteiger partial charge in [0.05, 0.1) is 49.1 Å². The van der Waals surface area contributed by atoms with Crippen LogP contribution < -0.4 is 34.7 Å². The van der Waals surface area contributed by atoms with Gasteiger partial charge in [-0.15, -0.1) is 0 Å². The molecule has 38 heavy (non-hydrogen) atoms. The summed E-state index contributed by atoms with van der Waals surface area (Å²) in [6.07, 6.45) is -0.261. The Kier molecular flexibility index (Phi) is 12.7. The van der Waals surface area contributed by atoms with Crippen LogP contribution in [0.1, 0.15) is 71.8 Å². The van der Waals surface area contributed by atoms with E-state index in [0.717, 1.165) is 12.0 Å². The second kappa shape index (κ2) is 14.6. The van der Waals surface area contributed by atoms with E-state index >= 15 is 0 Å². The van der Waals surface area contributed by atoms with Gasteiger partial charge in [0.2, 0.25) is 0 Å². The summed E-state index contributed by atoms with van der Waals surface area (Å²) in [5.74, 6) is -1.46. The number of carbonyl (C=O) groups is 2. The van der Waals surface area contributed by atoms with Gasteiger partial charge in [-0.25, -0.2) is 0 Å². The molecule has 0 saturated carbocycles. The van der Waals surface area contributed by atoms with Gasteiger partial charge in [0.1, 0.15) is 0 Å². The maximum absolute atomic E-state index is 12.8. The molecule has 8 nitrogen and oxygen atoms in total. The van der Waals surface area contributed by atoms with Crippen LogP contribution in [0.3, 0.4) is 0 Å². The van der Waals surface area contributed by atoms with Gasteiger partial charge < -0.3 is 34.3 Å². The van der Waals surface area contributed by atoms with Gasteiger partial charge in [-0.2, -0.15) is 0 Å². The number of hydrogen-bond acceptors (Lipinski definition) is 8. The van der Waals surface area contributed by atoms with Crippen LogP contribution in [0.5, 0.6) is 0 Å². The van der Waals surface area contributed by atoms with Crippen LogP contribution in [0.4, 0.5) is 0 Å². The Morgan fingerprint density at radius 3 is 2.50 bits per heavy atom. The molecule has 2 fully saturated rings. The van der Waals surface area contributed by atoms with E-state index in [1.807, 2.05) is 51.1 Å². The summed E-state index contributed by atoms with van der Waals surface area (Å²) in [7, 11) is 0. The third kappa shape index (κ3) is 8.26. The van der Waals surface area contributed by atoms with Crippen LogP contribution in [-0.2, 0) is 30.4 Å². The number of aliphatic hydroxyl groups excluding tert-OH is 2. The van der Waals surface area contributed by atoms with E-state index in [4.69, 9.17) is 14.2 Å². The van der Waals surface area contributed by atoms with Crippen molar-refractivity contribution in [1.29, 1.82) is 0 Å². The molecule has 0 amide bonds. The molecule has 7 atom stereocenters. The second-order valence-corrected chi connectivity index (χ2v) is 11.5. The first-order chi connectivity index (χ1) is 17.5. The number of carboxylic acids is 1. The van der Waals surface area contributed by atoms with Gasteiger partial charge in [-0.1, -0.05) is 44.2 Å². The number of rotatable bonds is 15. The van der Waals surface area contributed by atoms with E-state index in [0.29, 0.717) is 32.5 Å². The van der Waals surface area contributed by atoms with Crippen molar-refractivity contribution >= 4 is 11.9 Å². The Morgan fingerprint density at radius 2 is 1.87 bits per heavy atom. The van der Waals surface area contributed by atoms with Crippen molar-refractivity contribution in [3.05, 3.63) is 35.9 Å². The molecule has 2 aliphatic heterocycles. The number of aliphatic carboxylic acids is 1. The number of benzene rings is 1. The molecule has 2 N–H and O–H groups in total. The maximum atomic E-state index is 12.8. The number of aliphatic hydroxyl groups is 2. The zero-order chi connectivity index (χ0) is 27.2. The first kappa shape index (κ1) is 33.2. The van der Waals surface area contributed by atoms with Gasteiger partial charge in [-0.05, 0) is 57.4 Å². The van der Waals surface area contributed by atoms with Crippen LogP contribution in [0.2, 0.25) is 0 Å². The molecule has 1 aromatic carbocycles. The summed E-state index contributed by atoms with van der Waals surface area (Å²) in [5, 5.41) is 31.2. The number of esters is 1. The third-order valence-corrected chi connectivity index (χ3v) is 8.48. The van der Waals surface area contributed by atoms with Crippen LogP contribution in [0.15, 0.2) is 30.3 Å². The normalized spacial score (nSPS) is 27.9. The second-order valence-electron chi connectivity index (χ2n) is 11.5. The van der Waals surface area contributed by atoms with Gasteiger partial charge in [0, 0.05) is 24.2 Å². The molecule has 2 unspecified atom stereocenters. The van der Waals surface area contributed by atoms with Crippen molar-refractivity contribution in [3.8, 4) is 0 Å². The fourth-order valence-corrected chi connectivity index (χ4v) is 5.80. The van der Waals surface area contributed by atoms with Gasteiger partial charge in [-0.3, -0.25) is 4.79 Å². The molecule has 2 aliphatic rings. The third-order valence-electron chi connectivity index (χ3n) is 8.48. The topological polar surface area (TPSA) is 125 Å². The number of ether oxygens (including phenoxy) is 3. The van der Waals surface area contributed by atoms with E-state index in [1.165, 1.54) is 0 Å². The van der Waals surface area contributed by atoms with E-state index < -0.39 is 35.6 Å². The van der Waals surface area contributed by atoms with Gasteiger partial charge in [0.25, 0.3) is 0 Å². The minimum atomic E-state index is -1.35. The number of carboxylic acid groups (broad SMARTS) is 1. The fourth-order valence-electron chi connectivity index (χ4n) is 5.80. The molecule has 2 saturated heterocycles. The first-order valence-electron chi connectivity index (χ1n) is 13.5. The molecule has 208 valence electrons. The van der Waals surface area contributed by atoms with Crippen LogP contribution >= 0.6 is 0 Å². The molecule has 3 rings (SSSR count). The predicted octanol–water partition coefficient (Wildman–Crippen LogP) is -0.371. The maximum Gasteiger partial charge on any atom is 1.00 e. The SMILES string of the molecule is CCC(C)(C)C(=O)OCC1C(COCc2ccccc2)[C@@H]2C[C@H](C)[C@@]1(CC[C@@H](O)C[C@H](O)CC(=O)[O-])O2.[Na+]. The van der Waals surface area contributed by atoms with Crippen molar-refractivity contribution in [2.24, 2.45) is 23.2 Å². The van der Waals surface area contributed by atoms with Gasteiger partial charge >= 0.3 is 35.5 Å². The molecular weight excluding hydrogens is 499 g/mol. The minimum Gasteiger partial charge on any atom is -0.550 e. The van der Waals surface area contributed by atoms with Crippen LogP contribution in [0, 0.1) is 23.2 Å². The molecular formula is C29H43NaO8. The molecule has 9 heteroatoms. The zero-order valence-electron chi connectivity index (χ0n) is 23.6. The van der Waals surface area contributed by atoms with Crippen molar-refractivity contribution in [1.82, 2.24) is 0 Å². The summed E-state index contributed by atoms with van der Waals surface area (Å²) in [6, 6.07) is 9.95. The van der Waals surface area contributed by atoms with Crippen molar-refractivity contribution in [3.63, 3.8) is 0 Å². The van der Waals surface area contributed by atoms with Crippen molar-refractivity contribution in [2.75, 3.05) is 13.2 Å². The molecule has 0 spiro atoms. The Morgan fingerprint density at radius 1 is 1.18 bits per heavy atom. The largest absolute Gasteiger partial charge is 1.00 e. The molecule has 0 aromatic heterocycles. The first-order valence-corrected chi connectivity index (χ1v) is 13.5. The average molecular weight is 543 g/mol. The van der Waals surface area contributed by atoms with E-state index in [2.05, 4.69) is 6.92 Å². The number of carbonyl (C=O) groups excluding carboxylic acids is 2. The average Bonchev–Trinajstić information content (AvgIpc) is 3.33. The van der Waals surface area contributed by atoms with Crippen molar-refractivity contribution < 1.29 is 68.7 Å². The fraction of sp³-hybridized carbons (Fsp3) is 0.724. The summed E-state index contributed by atoms with van der Waals surface area (Å²) in [6.45, 7) is 9.01. The van der Waals surface area contributed by atoms with E-state index in [1.54, 1.807) is 0 Å². The predicted molar refractivity (Wildman–Crippen MR) is 135 cm³/mol. The van der Waals surface area contributed by atoms with Crippen molar-refractivity contribution in [2.45, 2.75) is 96.7 Å². The van der Waals surface area contributed by atoms with Crippen LogP contribution in [-0.4, -0.2) is 59.3 Å². The summed E-state index contributed by atoms with van der Waals surface area (Å²) < 4.78 is 18.6. The smallest absolute Gasteiger partial charge is 0.550 e. The van der Waals surface area contributed by atoms with Crippen LogP contribution in [0.25, 0.3) is 0 Å². The zero-order valence-corrected chi connectivity index (χ0v) is 25.6.